The van der Waals surface area contributed by atoms with Crippen LogP contribution in [-0.4, -0.2) is 41.1 Å². The number of nitrogens with zero attached hydrogens (tertiary/aromatic N) is 1. The molecule has 0 fully saturated rings. The molecule has 9 heteroatoms. The van der Waals surface area contributed by atoms with Gasteiger partial charge in [0.25, 0.3) is 5.91 Å². The van der Waals surface area contributed by atoms with E-state index in [1.807, 2.05) is 6.07 Å². The SMILES string of the molecule is CC(O)/C(N)=C/C(=N)C(=O)N[C@@H](C)CN/C=C\C(=N)c1ccc(C#N)c(Cl)c1. The lowest BCUT2D eigenvalue weighted by atomic mass is 10.1. The summed E-state index contributed by atoms with van der Waals surface area (Å²) in [4.78, 5) is 11.9. The Morgan fingerprint density at radius 3 is 2.68 bits per heavy atom. The van der Waals surface area contributed by atoms with Crippen molar-refractivity contribution < 1.29 is 9.90 Å². The fraction of sp³-hybridized carbons (Fsp3) is 0.263. The van der Waals surface area contributed by atoms with Crippen LogP contribution in [0.3, 0.4) is 0 Å². The van der Waals surface area contributed by atoms with Gasteiger partial charge < -0.3 is 26.9 Å². The molecular formula is C19H23ClN6O2. The Bertz CT molecular complexity index is 854. The van der Waals surface area contributed by atoms with Crippen LogP contribution >= 0.6 is 11.6 Å². The van der Waals surface area contributed by atoms with Gasteiger partial charge in [-0.3, -0.25) is 10.2 Å². The van der Waals surface area contributed by atoms with E-state index >= 15 is 0 Å². The van der Waals surface area contributed by atoms with Crippen LogP contribution in [0.25, 0.3) is 0 Å². The summed E-state index contributed by atoms with van der Waals surface area (Å²) >= 11 is 5.96. The first kappa shape index (κ1) is 22.9. The Kier molecular flexibility index (Phi) is 8.88. The average molecular weight is 403 g/mol. The van der Waals surface area contributed by atoms with Gasteiger partial charge in [-0.05, 0) is 44.3 Å². The van der Waals surface area contributed by atoms with E-state index in [-0.39, 0.29) is 28.2 Å². The van der Waals surface area contributed by atoms with Gasteiger partial charge >= 0.3 is 0 Å². The quantitative estimate of drug-likeness (QED) is 0.344. The largest absolute Gasteiger partial charge is 0.400 e. The van der Waals surface area contributed by atoms with Gasteiger partial charge in [-0.1, -0.05) is 17.7 Å². The Hall–Kier alpha value is -3.15. The number of aliphatic hydroxyl groups excluding tert-OH is 1. The minimum atomic E-state index is -0.932. The number of amides is 1. The fourth-order valence-corrected chi connectivity index (χ4v) is 2.18. The molecule has 1 aromatic carbocycles. The highest BCUT2D eigenvalue weighted by molar-refractivity contribution is 6.42. The maximum absolute atomic E-state index is 11.9. The first-order valence-corrected chi connectivity index (χ1v) is 8.76. The molecule has 1 rings (SSSR count). The number of carbonyl (C=O) groups is 1. The van der Waals surface area contributed by atoms with E-state index in [1.54, 1.807) is 31.3 Å². The van der Waals surface area contributed by atoms with Crippen molar-refractivity contribution >= 4 is 28.9 Å². The molecule has 7 N–H and O–H groups in total. The van der Waals surface area contributed by atoms with Crippen molar-refractivity contribution in [3.63, 3.8) is 0 Å². The molecule has 0 heterocycles. The normalized spacial score (nSPS) is 13.5. The number of hydrogen-bond donors (Lipinski definition) is 6. The van der Waals surface area contributed by atoms with Gasteiger partial charge in [0.1, 0.15) is 11.8 Å². The third-order valence-electron chi connectivity index (χ3n) is 3.61. The summed E-state index contributed by atoms with van der Waals surface area (Å²) in [7, 11) is 0. The van der Waals surface area contributed by atoms with Crippen LogP contribution in [0.15, 0.2) is 42.2 Å². The van der Waals surface area contributed by atoms with E-state index < -0.39 is 12.0 Å². The predicted octanol–water partition coefficient (Wildman–Crippen LogP) is 1.43. The van der Waals surface area contributed by atoms with Crippen molar-refractivity contribution in [2.45, 2.75) is 26.0 Å². The van der Waals surface area contributed by atoms with Crippen LogP contribution < -0.4 is 16.4 Å². The number of carbonyl (C=O) groups excluding carboxylic acids is 1. The highest BCUT2D eigenvalue weighted by Gasteiger charge is 2.12. The molecule has 1 unspecified atom stereocenters. The van der Waals surface area contributed by atoms with E-state index in [1.165, 1.54) is 13.0 Å². The Morgan fingerprint density at radius 2 is 2.11 bits per heavy atom. The molecule has 0 saturated heterocycles. The molecule has 1 aromatic rings. The summed E-state index contributed by atoms with van der Waals surface area (Å²) in [5.74, 6) is -0.609. The van der Waals surface area contributed by atoms with Crippen molar-refractivity contribution in [3.05, 3.63) is 58.4 Å². The molecule has 148 valence electrons. The van der Waals surface area contributed by atoms with Crippen LogP contribution in [0.5, 0.6) is 0 Å². The standard InChI is InChI=1S/C19H23ClN6O2/c1-11(26-19(28)18(24)8-17(23)12(2)27)10-25-6-5-16(22)13-3-4-14(9-21)15(20)7-13/h3-8,11-12,22,24-25,27H,10,23H2,1-2H3,(H,26,28)/b6-5-,17-8-,22-16?,24-18?/t11-,12?/m0/s1. The molecule has 8 nitrogen and oxygen atoms in total. The zero-order valence-electron chi connectivity index (χ0n) is 15.6. The second kappa shape index (κ2) is 10.9. The summed E-state index contributed by atoms with van der Waals surface area (Å²) < 4.78 is 0. The Labute approximate surface area is 168 Å². The minimum absolute atomic E-state index is 0.0373. The molecule has 28 heavy (non-hydrogen) atoms. The van der Waals surface area contributed by atoms with Crippen molar-refractivity contribution in [3.8, 4) is 6.07 Å². The minimum Gasteiger partial charge on any atom is -0.400 e. The lowest BCUT2D eigenvalue weighted by Gasteiger charge is -2.14. The first-order valence-electron chi connectivity index (χ1n) is 8.38. The molecule has 0 aliphatic heterocycles. The van der Waals surface area contributed by atoms with Crippen LogP contribution in [0.1, 0.15) is 25.0 Å². The second-order valence-corrected chi connectivity index (χ2v) is 6.48. The van der Waals surface area contributed by atoms with Crippen LogP contribution in [0, 0.1) is 22.1 Å². The number of nitriles is 1. The molecule has 0 saturated carbocycles. The molecule has 0 aliphatic carbocycles. The first-order chi connectivity index (χ1) is 13.1. The molecule has 2 atom stereocenters. The van der Waals surface area contributed by atoms with Gasteiger partial charge in [0.2, 0.25) is 0 Å². The van der Waals surface area contributed by atoms with Crippen LogP contribution in [-0.2, 0) is 4.79 Å². The monoisotopic (exact) mass is 402 g/mol. The summed E-state index contributed by atoms with van der Waals surface area (Å²) in [6, 6.07) is 6.41. The summed E-state index contributed by atoms with van der Waals surface area (Å²) in [5, 5.41) is 39.6. The number of hydrogen-bond acceptors (Lipinski definition) is 7. The van der Waals surface area contributed by atoms with Gasteiger partial charge in [0, 0.05) is 23.8 Å². The van der Waals surface area contributed by atoms with Crippen molar-refractivity contribution in [1.82, 2.24) is 10.6 Å². The molecular weight excluding hydrogens is 380 g/mol. The zero-order chi connectivity index (χ0) is 21.3. The smallest absolute Gasteiger partial charge is 0.269 e. The maximum Gasteiger partial charge on any atom is 0.269 e. The number of benzene rings is 1. The van der Waals surface area contributed by atoms with Crippen LogP contribution in [0.4, 0.5) is 0 Å². The molecule has 1 amide bonds. The van der Waals surface area contributed by atoms with Gasteiger partial charge in [0.15, 0.2) is 0 Å². The average Bonchev–Trinajstić information content (AvgIpc) is 2.64. The molecule has 0 bridgehead atoms. The van der Waals surface area contributed by atoms with Gasteiger partial charge in [-0.15, -0.1) is 0 Å². The van der Waals surface area contributed by atoms with E-state index in [2.05, 4.69) is 10.6 Å². The third kappa shape index (κ3) is 7.23. The van der Waals surface area contributed by atoms with Crippen LogP contribution in [0.2, 0.25) is 5.02 Å². The number of nitrogens with one attached hydrogen (secondary N) is 4. The predicted molar refractivity (Wildman–Crippen MR) is 109 cm³/mol. The number of rotatable bonds is 9. The topological polar surface area (TPSA) is 159 Å². The van der Waals surface area contributed by atoms with E-state index in [4.69, 9.17) is 33.4 Å². The third-order valence-corrected chi connectivity index (χ3v) is 3.92. The maximum atomic E-state index is 11.9. The summed E-state index contributed by atoms with van der Waals surface area (Å²) in [6.45, 7) is 3.56. The van der Waals surface area contributed by atoms with Crippen molar-refractivity contribution in [2.24, 2.45) is 5.73 Å². The van der Waals surface area contributed by atoms with Gasteiger partial charge in [-0.25, -0.2) is 0 Å². The number of allylic oxidation sites excluding steroid dienone is 1. The van der Waals surface area contributed by atoms with E-state index in [0.717, 1.165) is 6.08 Å². The molecule has 0 aliphatic rings. The van der Waals surface area contributed by atoms with Gasteiger partial charge in [-0.2, -0.15) is 5.26 Å². The van der Waals surface area contributed by atoms with Gasteiger partial charge in [0.05, 0.1) is 22.4 Å². The molecule has 0 aromatic heterocycles. The Morgan fingerprint density at radius 1 is 1.43 bits per heavy atom. The molecule has 0 radical (unpaired) electrons. The summed E-state index contributed by atoms with van der Waals surface area (Å²) in [6.07, 6.45) is 3.27. The highest BCUT2D eigenvalue weighted by Crippen LogP contribution is 2.17. The van der Waals surface area contributed by atoms with E-state index in [9.17, 15) is 9.90 Å². The number of aliphatic hydroxyl groups is 1. The highest BCUT2D eigenvalue weighted by atomic mass is 35.5. The van der Waals surface area contributed by atoms with Crippen molar-refractivity contribution in [2.75, 3.05) is 6.54 Å². The molecule has 0 spiro atoms. The van der Waals surface area contributed by atoms with Crippen molar-refractivity contribution in [1.29, 1.82) is 16.1 Å². The summed E-state index contributed by atoms with van der Waals surface area (Å²) in [5.41, 5.74) is 6.32. The second-order valence-electron chi connectivity index (χ2n) is 6.07. The zero-order valence-corrected chi connectivity index (χ0v) is 16.3. The number of nitrogens with two attached hydrogens (primary N) is 1. The fourth-order valence-electron chi connectivity index (χ4n) is 1.96. The lowest BCUT2D eigenvalue weighted by molar-refractivity contribution is -0.115. The van der Waals surface area contributed by atoms with E-state index in [0.29, 0.717) is 17.7 Å². The Balaban J connectivity index is 2.50. The number of halogens is 1. The lowest BCUT2D eigenvalue weighted by Crippen LogP contribution is -2.41.